The van der Waals surface area contributed by atoms with E-state index in [9.17, 15) is 25.9 Å². The predicted molar refractivity (Wildman–Crippen MR) is 290 cm³/mol. The van der Waals surface area contributed by atoms with Crippen LogP contribution in [0.5, 0.6) is 11.5 Å². The topological polar surface area (TPSA) is 270 Å². The van der Waals surface area contributed by atoms with Crippen LogP contribution in [-0.2, 0) is 20.2 Å². The molecule has 8 rings (SSSR count). The molecule has 30 heteroatoms. The fourth-order valence-corrected chi connectivity index (χ4v) is 15.7. The molecule has 380 valence electrons. The number of hydrogen-bond donors (Lipinski definition) is 5. The van der Waals surface area contributed by atoms with Crippen LogP contribution in [-0.4, -0.2) is 97.8 Å². The minimum absolute atomic E-state index is 0.197. The van der Waals surface area contributed by atoms with Crippen molar-refractivity contribution in [2.75, 3.05) is 60.8 Å². The Labute approximate surface area is 439 Å². The number of thioether (sulfide) groups is 1. The first kappa shape index (κ1) is 52.8. The molecule has 0 radical (unpaired) electrons. The number of ether oxygens (including phenoxy) is 2. The van der Waals surface area contributed by atoms with Crippen molar-refractivity contribution in [3.8, 4) is 11.5 Å². The van der Waals surface area contributed by atoms with Crippen LogP contribution < -0.4 is 35.2 Å². The van der Waals surface area contributed by atoms with E-state index >= 15 is 0 Å². The van der Waals surface area contributed by atoms with Crippen LogP contribution in [0, 0.1) is 0 Å². The molecule has 1 unspecified atom stereocenters. The molecule has 1 atom stereocenters. The van der Waals surface area contributed by atoms with Gasteiger partial charge in [-0.1, -0.05) is 76.9 Å². The quantitative estimate of drug-likeness (QED) is 0.0395. The number of fused-ring (bicyclic) bond motifs is 2. The van der Waals surface area contributed by atoms with E-state index in [0.717, 1.165) is 82.8 Å². The molecule has 2 aliphatic rings. The second-order valence-electron chi connectivity index (χ2n) is 15.6. The Bertz CT molecular complexity index is 3310. The van der Waals surface area contributed by atoms with E-state index in [4.69, 9.17) is 42.7 Å². The number of nitrogens with zero attached hydrogens (tertiary/aromatic N) is 10. The standard InChI is InChI=1S/C41H47Cl2N13O8S7/c1-7-55(8-2)25-16-21(23(18-27(25)63-5)49-51-33-29-31(42)37(70(57,58)59)66-35(29)53-68-33)44-39-46-40(48-41(47-39)65-20-14-12-11-13-15-20)45-22-17-26(56(9-3)10-4)28(64-6)19-24(22)50-52-34-30-32(43)38(71(60,61)62)67-36(30)54-69-34/h16-20,39,44H,7-15H2,1-6H3,(H,57,58,59)(H,60,61,62)(H2,45,46,47,48). The predicted octanol–water partition coefficient (Wildman–Crippen LogP) is 12.6. The Morgan fingerprint density at radius 3 is 1.68 bits per heavy atom. The van der Waals surface area contributed by atoms with E-state index in [2.05, 4.69) is 55.0 Å². The highest BCUT2D eigenvalue weighted by molar-refractivity contribution is 8.14. The zero-order valence-corrected chi connectivity index (χ0v) is 46.0. The Balaban J connectivity index is 1.22. The third-order valence-corrected chi connectivity index (χ3v) is 20.3. The van der Waals surface area contributed by atoms with Gasteiger partial charge in [-0.25, -0.2) is 9.98 Å². The first-order valence-electron chi connectivity index (χ1n) is 22.0. The third-order valence-electron chi connectivity index (χ3n) is 11.3. The number of benzene rings is 2. The summed E-state index contributed by atoms with van der Waals surface area (Å²) in [4.78, 5) is 14.9. The van der Waals surface area contributed by atoms with Crippen LogP contribution in [0.25, 0.3) is 20.4 Å². The summed E-state index contributed by atoms with van der Waals surface area (Å²) >= 11 is 18.0. The van der Waals surface area contributed by atoms with Crippen LogP contribution in [0.3, 0.4) is 0 Å². The molecule has 0 saturated heterocycles. The summed E-state index contributed by atoms with van der Waals surface area (Å²) in [5.41, 5.74) is 3.15. The smallest absolute Gasteiger partial charge is 0.305 e. The molecule has 1 aliphatic heterocycles. The van der Waals surface area contributed by atoms with Crippen molar-refractivity contribution in [3.05, 3.63) is 34.3 Å². The van der Waals surface area contributed by atoms with E-state index in [-0.39, 0.29) is 40.5 Å². The maximum Gasteiger partial charge on any atom is 0.305 e. The van der Waals surface area contributed by atoms with Gasteiger partial charge in [0, 0.05) is 43.6 Å². The van der Waals surface area contributed by atoms with Crippen LogP contribution in [0.2, 0.25) is 10.0 Å². The molecule has 21 nitrogen and oxygen atoms in total. The van der Waals surface area contributed by atoms with Crippen molar-refractivity contribution in [2.45, 2.75) is 79.8 Å². The molecule has 0 amide bonds. The molecule has 1 fully saturated rings. The van der Waals surface area contributed by atoms with E-state index < -0.39 is 34.9 Å². The maximum absolute atomic E-state index is 12.1. The number of amidine groups is 1. The lowest BCUT2D eigenvalue weighted by Gasteiger charge is -2.28. The Hall–Kier alpha value is -4.49. The normalized spacial score (nSPS) is 15.9. The van der Waals surface area contributed by atoms with Crippen molar-refractivity contribution in [3.63, 3.8) is 0 Å². The number of nitrogens with one attached hydrogen (secondary N) is 3. The fourth-order valence-electron chi connectivity index (χ4n) is 7.86. The lowest BCUT2D eigenvalue weighted by atomic mass is 10.0. The highest BCUT2D eigenvalue weighted by atomic mass is 35.5. The lowest BCUT2D eigenvalue weighted by Crippen LogP contribution is -2.42. The molecule has 0 bridgehead atoms. The number of anilines is 4. The number of aliphatic imine (C=N–C) groups is 2. The van der Waals surface area contributed by atoms with Crippen LogP contribution in [0.4, 0.5) is 44.1 Å². The molecule has 0 spiro atoms. The number of hydrogen-bond acceptors (Lipinski definition) is 24. The number of guanidine groups is 1. The first-order chi connectivity index (χ1) is 34.0. The number of rotatable bonds is 18. The zero-order chi connectivity index (χ0) is 50.8. The average Bonchev–Trinajstić information content (AvgIpc) is 4.11. The molecular weight excluding hydrogens is 1100 g/mol. The average molecular weight is 1150 g/mol. The van der Waals surface area contributed by atoms with Crippen molar-refractivity contribution < 1.29 is 35.4 Å². The molecule has 2 aromatic carbocycles. The summed E-state index contributed by atoms with van der Waals surface area (Å²) in [7, 11) is -6.10. The minimum atomic E-state index is -4.61. The molecular formula is C41H47Cl2N13O8S7. The maximum atomic E-state index is 12.1. The second-order valence-corrected chi connectivity index (χ2v) is 24.4. The molecule has 5 N–H and O–H groups in total. The lowest BCUT2D eigenvalue weighted by molar-refractivity contribution is 0.414. The molecule has 1 aliphatic carbocycles. The van der Waals surface area contributed by atoms with E-state index in [1.165, 1.54) is 6.42 Å². The Morgan fingerprint density at radius 1 is 0.732 bits per heavy atom. The number of aromatic nitrogens is 2. The van der Waals surface area contributed by atoms with Crippen molar-refractivity contribution >= 4 is 177 Å². The highest BCUT2D eigenvalue weighted by Crippen LogP contribution is 2.48. The summed E-state index contributed by atoms with van der Waals surface area (Å²) in [5.74, 6) is 1.35. The van der Waals surface area contributed by atoms with Gasteiger partial charge in [0.2, 0.25) is 12.2 Å². The second kappa shape index (κ2) is 22.3. The van der Waals surface area contributed by atoms with Crippen LogP contribution in [0.1, 0.15) is 59.8 Å². The van der Waals surface area contributed by atoms with Crippen molar-refractivity contribution in [2.24, 2.45) is 30.4 Å². The van der Waals surface area contributed by atoms with Gasteiger partial charge in [-0.05, 0) is 75.7 Å². The van der Waals surface area contributed by atoms with E-state index in [1.807, 2.05) is 39.8 Å². The molecule has 1 saturated carbocycles. The summed E-state index contributed by atoms with van der Waals surface area (Å²) in [6, 6.07) is 7.23. The monoisotopic (exact) mass is 1140 g/mol. The number of thiophene rings is 2. The molecule has 4 aromatic heterocycles. The largest absolute Gasteiger partial charge is 0.494 e. The third kappa shape index (κ3) is 11.5. The van der Waals surface area contributed by atoms with E-state index in [1.54, 1.807) is 38.1 Å². The number of halogens is 2. The summed E-state index contributed by atoms with van der Waals surface area (Å²) in [5, 5.41) is 30.1. The fraction of sp³-hybridized carbons (Fsp3) is 0.415. The summed E-state index contributed by atoms with van der Waals surface area (Å²) < 4.78 is 87.4. The van der Waals surface area contributed by atoms with Crippen molar-refractivity contribution in [1.29, 1.82) is 0 Å². The Kier molecular flexibility index (Phi) is 16.6. The highest BCUT2D eigenvalue weighted by Gasteiger charge is 2.29. The summed E-state index contributed by atoms with van der Waals surface area (Å²) in [6.07, 6.45) is 4.48. The molecule has 5 heterocycles. The van der Waals surface area contributed by atoms with Gasteiger partial charge >= 0.3 is 20.2 Å². The minimum Gasteiger partial charge on any atom is -0.494 e. The van der Waals surface area contributed by atoms with Gasteiger partial charge in [0.15, 0.2) is 23.6 Å². The first-order valence-corrected chi connectivity index (χ1v) is 29.7. The van der Waals surface area contributed by atoms with Crippen molar-refractivity contribution in [1.82, 2.24) is 14.1 Å². The Morgan fingerprint density at radius 2 is 1.21 bits per heavy atom. The zero-order valence-electron chi connectivity index (χ0n) is 38.8. The van der Waals surface area contributed by atoms with Gasteiger partial charge in [0.05, 0.1) is 57.8 Å². The summed E-state index contributed by atoms with van der Waals surface area (Å²) in [6.45, 7) is 10.8. The van der Waals surface area contributed by atoms with Gasteiger partial charge in [0.1, 0.15) is 32.5 Å². The van der Waals surface area contributed by atoms with Gasteiger partial charge in [-0.15, -0.1) is 20.5 Å². The SMILES string of the molecule is CCN(CC)c1cc(NC2=NC(Nc3cc(N(CC)CC)c(OC)cc3N=Nc3snc4sc(S(=O)(=O)O)c(Cl)c34)N=C(SC3CCCCC3)N2)c(N=Nc2snc3sc(S(=O)(=O)O)c(Cl)c23)cc1OC. The number of methoxy groups -OCH3 is 2. The molecule has 71 heavy (non-hydrogen) atoms. The number of azo groups is 2. The van der Waals surface area contributed by atoms with Gasteiger partial charge < -0.3 is 35.2 Å². The van der Waals surface area contributed by atoms with Crippen LogP contribution >= 0.6 is 80.7 Å². The van der Waals surface area contributed by atoms with Gasteiger partial charge in [-0.2, -0.15) is 25.6 Å². The molecule has 6 aromatic rings. The van der Waals surface area contributed by atoms with Crippen LogP contribution in [0.15, 0.2) is 63.1 Å². The van der Waals surface area contributed by atoms with E-state index in [0.29, 0.717) is 76.8 Å². The van der Waals surface area contributed by atoms with Gasteiger partial charge in [0.25, 0.3) is 0 Å². The van der Waals surface area contributed by atoms with Gasteiger partial charge in [-0.3, -0.25) is 9.11 Å².